The van der Waals surface area contributed by atoms with E-state index in [-0.39, 0.29) is 18.1 Å². The van der Waals surface area contributed by atoms with Crippen molar-refractivity contribution in [1.29, 1.82) is 0 Å². The number of carbonyl (C=O) groups is 1. The Kier molecular flexibility index (Phi) is 4.86. The van der Waals surface area contributed by atoms with Crippen molar-refractivity contribution in [2.24, 2.45) is 5.92 Å². The van der Waals surface area contributed by atoms with Crippen LogP contribution in [-0.2, 0) is 17.6 Å². The van der Waals surface area contributed by atoms with Crippen LogP contribution in [0.1, 0.15) is 60.1 Å². The fraction of sp³-hybridized carbons (Fsp3) is 0.550. The summed E-state index contributed by atoms with van der Waals surface area (Å²) in [7, 11) is 0. The molecule has 2 aliphatic rings. The Hall–Kier alpha value is -2.41. The Bertz CT molecular complexity index is 808. The molecule has 1 fully saturated rings. The summed E-state index contributed by atoms with van der Waals surface area (Å²) in [6.45, 7) is 5.58. The van der Waals surface area contributed by atoms with Gasteiger partial charge in [0.2, 0.25) is 0 Å². The Morgan fingerprint density at radius 1 is 1.33 bits per heavy atom. The van der Waals surface area contributed by atoms with Crippen molar-refractivity contribution >= 4 is 11.7 Å². The number of piperidine rings is 1. The minimum Gasteiger partial charge on any atom is -0.384 e. The first kappa shape index (κ1) is 18.0. The van der Waals surface area contributed by atoms with E-state index in [4.69, 9.17) is 10.5 Å². The van der Waals surface area contributed by atoms with Crippen LogP contribution in [0, 0.1) is 5.92 Å². The summed E-state index contributed by atoms with van der Waals surface area (Å²) < 4.78 is 5.82. The van der Waals surface area contributed by atoms with Gasteiger partial charge in [-0.2, -0.15) is 5.10 Å². The van der Waals surface area contributed by atoms with Gasteiger partial charge >= 0.3 is 0 Å². The van der Waals surface area contributed by atoms with Gasteiger partial charge in [-0.15, -0.1) is 0 Å². The molecule has 144 valence electrons. The highest BCUT2D eigenvalue weighted by molar-refractivity contribution is 5.94. The SMILES string of the molecule is C[C@@H]1Cc2c(C(=O)N3CCC(Cc4ccc(N)nc4)CC3)n[nH]c2[C@H](C)O1. The van der Waals surface area contributed by atoms with Crippen LogP contribution in [0.4, 0.5) is 5.82 Å². The molecular weight excluding hydrogens is 342 g/mol. The molecule has 0 spiro atoms. The van der Waals surface area contributed by atoms with E-state index in [0.717, 1.165) is 50.0 Å². The second kappa shape index (κ2) is 7.31. The van der Waals surface area contributed by atoms with Gasteiger partial charge in [0.25, 0.3) is 5.91 Å². The largest absolute Gasteiger partial charge is 0.384 e. The van der Waals surface area contributed by atoms with Crippen molar-refractivity contribution in [2.45, 2.75) is 51.7 Å². The third-order valence-electron chi connectivity index (χ3n) is 5.71. The topological polar surface area (TPSA) is 97.1 Å². The van der Waals surface area contributed by atoms with Gasteiger partial charge in [0.15, 0.2) is 5.69 Å². The van der Waals surface area contributed by atoms with Crippen LogP contribution in [0.15, 0.2) is 18.3 Å². The van der Waals surface area contributed by atoms with Crippen LogP contribution in [-0.4, -0.2) is 45.2 Å². The highest BCUT2D eigenvalue weighted by Crippen LogP contribution is 2.31. The zero-order chi connectivity index (χ0) is 19.0. The van der Waals surface area contributed by atoms with Gasteiger partial charge in [-0.3, -0.25) is 9.89 Å². The second-order valence-corrected chi connectivity index (χ2v) is 7.79. The molecule has 0 aliphatic carbocycles. The maximum Gasteiger partial charge on any atom is 0.274 e. The first-order valence-corrected chi connectivity index (χ1v) is 9.73. The average molecular weight is 369 g/mol. The predicted octanol–water partition coefficient (Wildman–Crippen LogP) is 2.50. The molecule has 0 radical (unpaired) electrons. The maximum absolute atomic E-state index is 13.0. The molecule has 4 heterocycles. The number of amides is 1. The fourth-order valence-electron chi connectivity index (χ4n) is 4.23. The molecule has 27 heavy (non-hydrogen) atoms. The van der Waals surface area contributed by atoms with Gasteiger partial charge in [-0.1, -0.05) is 6.07 Å². The number of hydrogen-bond acceptors (Lipinski definition) is 5. The third-order valence-corrected chi connectivity index (χ3v) is 5.71. The molecule has 1 amide bonds. The number of pyridine rings is 1. The molecule has 2 aromatic rings. The number of fused-ring (bicyclic) bond motifs is 1. The number of likely N-dealkylation sites (tertiary alicyclic amines) is 1. The number of hydrogen-bond donors (Lipinski definition) is 2. The molecule has 0 aromatic carbocycles. The number of nitrogens with zero attached hydrogens (tertiary/aromatic N) is 3. The summed E-state index contributed by atoms with van der Waals surface area (Å²) in [5.41, 5.74) is 9.41. The van der Waals surface area contributed by atoms with Crippen LogP contribution >= 0.6 is 0 Å². The Morgan fingerprint density at radius 3 is 2.81 bits per heavy atom. The van der Waals surface area contributed by atoms with E-state index in [1.807, 2.05) is 37.1 Å². The van der Waals surface area contributed by atoms with Crippen molar-refractivity contribution in [3.63, 3.8) is 0 Å². The number of aromatic nitrogens is 3. The smallest absolute Gasteiger partial charge is 0.274 e. The molecule has 2 aromatic heterocycles. The molecule has 7 nitrogen and oxygen atoms in total. The molecule has 7 heteroatoms. The van der Waals surface area contributed by atoms with Crippen molar-refractivity contribution in [1.82, 2.24) is 20.1 Å². The number of nitrogens with two attached hydrogens (primary N) is 1. The molecule has 1 saturated heterocycles. The molecular formula is C20H27N5O2. The van der Waals surface area contributed by atoms with Gasteiger partial charge in [0.05, 0.1) is 17.9 Å². The molecule has 4 rings (SSSR count). The van der Waals surface area contributed by atoms with E-state index in [9.17, 15) is 4.79 Å². The Balaban J connectivity index is 1.39. The highest BCUT2D eigenvalue weighted by Gasteiger charge is 2.32. The van der Waals surface area contributed by atoms with Crippen LogP contribution < -0.4 is 5.73 Å². The van der Waals surface area contributed by atoms with E-state index in [2.05, 4.69) is 15.2 Å². The normalized spacial score (nSPS) is 23.3. The number of anilines is 1. The van der Waals surface area contributed by atoms with Crippen molar-refractivity contribution in [2.75, 3.05) is 18.8 Å². The lowest BCUT2D eigenvalue weighted by Gasteiger charge is -2.32. The van der Waals surface area contributed by atoms with E-state index in [1.165, 1.54) is 5.56 Å². The first-order chi connectivity index (χ1) is 13.0. The van der Waals surface area contributed by atoms with Crippen LogP contribution in [0.3, 0.4) is 0 Å². The molecule has 2 aliphatic heterocycles. The summed E-state index contributed by atoms with van der Waals surface area (Å²) in [6, 6.07) is 3.89. The lowest BCUT2D eigenvalue weighted by Crippen LogP contribution is -2.39. The van der Waals surface area contributed by atoms with Crippen LogP contribution in [0.25, 0.3) is 0 Å². The third kappa shape index (κ3) is 3.69. The quantitative estimate of drug-likeness (QED) is 0.866. The molecule has 0 bridgehead atoms. The Morgan fingerprint density at radius 2 is 2.11 bits per heavy atom. The number of aromatic amines is 1. The zero-order valence-corrected chi connectivity index (χ0v) is 15.9. The molecule has 0 unspecified atom stereocenters. The van der Waals surface area contributed by atoms with Crippen LogP contribution in [0.2, 0.25) is 0 Å². The van der Waals surface area contributed by atoms with Crippen molar-refractivity contribution < 1.29 is 9.53 Å². The predicted molar refractivity (Wildman–Crippen MR) is 102 cm³/mol. The summed E-state index contributed by atoms with van der Waals surface area (Å²) in [5.74, 6) is 1.16. The van der Waals surface area contributed by atoms with Gasteiger partial charge in [0, 0.05) is 31.3 Å². The standard InChI is InChI=1S/C20H27N5O2/c1-12-9-16-18(13(2)27-12)23-24-19(16)20(26)25-7-5-14(6-8-25)10-15-3-4-17(21)22-11-15/h3-4,11-14H,5-10H2,1-2H3,(H2,21,22)(H,23,24)/t12-,13+/m1/s1. The highest BCUT2D eigenvalue weighted by atomic mass is 16.5. The number of nitrogen functional groups attached to an aromatic ring is 1. The first-order valence-electron chi connectivity index (χ1n) is 9.73. The van der Waals surface area contributed by atoms with E-state index in [1.54, 1.807) is 0 Å². The number of ether oxygens (including phenoxy) is 1. The number of carbonyl (C=O) groups excluding carboxylic acids is 1. The lowest BCUT2D eigenvalue weighted by molar-refractivity contribution is -0.00703. The van der Waals surface area contributed by atoms with E-state index < -0.39 is 0 Å². The molecule has 0 saturated carbocycles. The van der Waals surface area contributed by atoms with E-state index >= 15 is 0 Å². The monoisotopic (exact) mass is 369 g/mol. The number of H-pyrrole nitrogens is 1. The molecule has 2 atom stereocenters. The van der Waals surface area contributed by atoms with E-state index in [0.29, 0.717) is 17.4 Å². The van der Waals surface area contributed by atoms with Gasteiger partial charge < -0.3 is 15.4 Å². The maximum atomic E-state index is 13.0. The summed E-state index contributed by atoms with van der Waals surface area (Å²) in [5, 5.41) is 7.36. The minimum absolute atomic E-state index is 0.0430. The molecule has 3 N–H and O–H groups in total. The summed E-state index contributed by atoms with van der Waals surface area (Å²) in [4.78, 5) is 19.1. The van der Waals surface area contributed by atoms with Gasteiger partial charge in [-0.05, 0) is 50.7 Å². The van der Waals surface area contributed by atoms with Gasteiger partial charge in [0.1, 0.15) is 5.82 Å². The number of rotatable bonds is 3. The van der Waals surface area contributed by atoms with Crippen molar-refractivity contribution in [3.8, 4) is 0 Å². The van der Waals surface area contributed by atoms with Gasteiger partial charge in [-0.25, -0.2) is 4.98 Å². The lowest BCUT2D eigenvalue weighted by atomic mass is 9.90. The summed E-state index contributed by atoms with van der Waals surface area (Å²) >= 11 is 0. The second-order valence-electron chi connectivity index (χ2n) is 7.79. The Labute approximate surface area is 159 Å². The zero-order valence-electron chi connectivity index (χ0n) is 15.9. The summed E-state index contributed by atoms with van der Waals surface area (Å²) in [6.07, 6.45) is 5.63. The average Bonchev–Trinajstić information content (AvgIpc) is 3.08. The van der Waals surface area contributed by atoms with Crippen LogP contribution in [0.5, 0.6) is 0 Å². The fourth-order valence-corrected chi connectivity index (χ4v) is 4.23. The number of nitrogens with one attached hydrogen (secondary N) is 1. The van der Waals surface area contributed by atoms with Crippen molar-refractivity contribution in [3.05, 3.63) is 40.8 Å². The minimum atomic E-state index is -0.0444.